The third-order valence-corrected chi connectivity index (χ3v) is 4.57. The second kappa shape index (κ2) is 5.40. The molecule has 0 bridgehead atoms. The van der Waals surface area contributed by atoms with Gasteiger partial charge in [0.25, 0.3) is 11.8 Å². The number of carbonyl (C=O) groups is 3. The second-order valence-electron chi connectivity index (χ2n) is 4.71. The minimum Gasteiger partial charge on any atom is -0.493 e. The smallest absolute Gasteiger partial charge is 0.275 e. The van der Waals surface area contributed by atoms with Gasteiger partial charge in [0.05, 0.1) is 19.8 Å². The van der Waals surface area contributed by atoms with Crippen LogP contribution in [-0.2, 0) is 4.79 Å². The summed E-state index contributed by atoms with van der Waals surface area (Å²) in [6.07, 6.45) is 2.06. The highest BCUT2D eigenvalue weighted by Crippen LogP contribution is 2.42. The van der Waals surface area contributed by atoms with E-state index in [0.717, 1.165) is 21.9 Å². The predicted molar refractivity (Wildman–Crippen MR) is 83.8 cm³/mol. The van der Waals surface area contributed by atoms with Gasteiger partial charge in [-0.2, -0.15) is 0 Å². The largest absolute Gasteiger partial charge is 0.493 e. The van der Waals surface area contributed by atoms with E-state index in [9.17, 15) is 14.4 Å². The standard InChI is InChI=1S/C15H12N2O5S/c1-21-8-5-7-10(6-9(8)22-2)23-13-12(7)14(19)17(15(13)20)4-3-11(16)18/h3-6H,1-2H3,(H2,16,18). The number of nitrogens with zero attached hydrogens (tertiary/aromatic N) is 1. The number of thiophene rings is 1. The minimum atomic E-state index is -0.739. The Balaban J connectivity index is 2.16. The van der Waals surface area contributed by atoms with E-state index < -0.39 is 17.7 Å². The number of ether oxygens (including phenoxy) is 2. The molecule has 7 nitrogen and oxygen atoms in total. The molecule has 118 valence electrons. The number of imide groups is 1. The van der Waals surface area contributed by atoms with Crippen molar-refractivity contribution in [3.8, 4) is 11.5 Å². The molecule has 2 N–H and O–H groups in total. The van der Waals surface area contributed by atoms with E-state index >= 15 is 0 Å². The summed E-state index contributed by atoms with van der Waals surface area (Å²) < 4.78 is 11.2. The van der Waals surface area contributed by atoms with Gasteiger partial charge in [-0.15, -0.1) is 11.3 Å². The molecular formula is C15H12N2O5S. The Morgan fingerprint density at radius 1 is 1.17 bits per heavy atom. The molecule has 1 aliphatic rings. The molecule has 2 heterocycles. The molecule has 3 rings (SSSR count). The van der Waals surface area contributed by atoms with Gasteiger partial charge in [0.2, 0.25) is 5.91 Å². The molecule has 0 saturated carbocycles. The van der Waals surface area contributed by atoms with E-state index in [1.807, 2.05) is 0 Å². The summed E-state index contributed by atoms with van der Waals surface area (Å²) in [4.78, 5) is 36.8. The summed E-state index contributed by atoms with van der Waals surface area (Å²) in [6, 6.07) is 3.39. The average molecular weight is 332 g/mol. The van der Waals surface area contributed by atoms with Crippen molar-refractivity contribution in [1.82, 2.24) is 4.90 Å². The maximum Gasteiger partial charge on any atom is 0.275 e. The van der Waals surface area contributed by atoms with E-state index in [0.29, 0.717) is 27.3 Å². The lowest BCUT2D eigenvalue weighted by atomic mass is 10.1. The number of hydrogen-bond acceptors (Lipinski definition) is 6. The van der Waals surface area contributed by atoms with Crippen LogP contribution in [0.25, 0.3) is 10.1 Å². The first-order valence-electron chi connectivity index (χ1n) is 6.52. The van der Waals surface area contributed by atoms with Crippen LogP contribution in [-0.4, -0.2) is 36.8 Å². The quantitative estimate of drug-likeness (QED) is 0.676. The fourth-order valence-corrected chi connectivity index (χ4v) is 3.53. The molecular weight excluding hydrogens is 320 g/mol. The Morgan fingerprint density at radius 3 is 2.43 bits per heavy atom. The van der Waals surface area contributed by atoms with Crippen molar-refractivity contribution in [3.63, 3.8) is 0 Å². The zero-order chi connectivity index (χ0) is 16.7. The predicted octanol–water partition coefficient (Wildman–Crippen LogP) is 1.51. The third-order valence-electron chi connectivity index (χ3n) is 3.43. The SMILES string of the molecule is COc1cc2sc3c(c2cc1OC)C(=O)N(C=CC(N)=O)C3=O. The van der Waals surface area contributed by atoms with E-state index in [4.69, 9.17) is 15.2 Å². The Morgan fingerprint density at radius 2 is 1.83 bits per heavy atom. The normalized spacial score (nSPS) is 13.9. The summed E-state index contributed by atoms with van der Waals surface area (Å²) in [6.45, 7) is 0. The first-order chi connectivity index (χ1) is 11.0. The van der Waals surface area contributed by atoms with E-state index in [-0.39, 0.29) is 0 Å². The van der Waals surface area contributed by atoms with Crippen molar-refractivity contribution in [2.75, 3.05) is 14.2 Å². The van der Waals surface area contributed by atoms with Crippen LogP contribution in [0.5, 0.6) is 11.5 Å². The van der Waals surface area contributed by atoms with E-state index in [2.05, 4.69) is 0 Å². The number of methoxy groups -OCH3 is 2. The van der Waals surface area contributed by atoms with Crippen molar-refractivity contribution in [3.05, 3.63) is 34.8 Å². The molecule has 1 aliphatic heterocycles. The van der Waals surface area contributed by atoms with Crippen LogP contribution in [0.3, 0.4) is 0 Å². The molecule has 1 aromatic carbocycles. The highest BCUT2D eigenvalue weighted by Gasteiger charge is 2.38. The topological polar surface area (TPSA) is 98.9 Å². The number of carbonyl (C=O) groups excluding carboxylic acids is 3. The summed E-state index contributed by atoms with van der Waals surface area (Å²) in [5.41, 5.74) is 5.30. The van der Waals surface area contributed by atoms with Gasteiger partial charge in [-0.05, 0) is 6.07 Å². The molecule has 0 saturated heterocycles. The summed E-state index contributed by atoms with van der Waals surface area (Å²) >= 11 is 1.19. The first kappa shape index (κ1) is 15.0. The van der Waals surface area contributed by atoms with E-state index in [1.165, 1.54) is 25.6 Å². The van der Waals surface area contributed by atoms with Crippen molar-refractivity contribution in [2.45, 2.75) is 0 Å². The van der Waals surface area contributed by atoms with Gasteiger partial charge in [-0.25, -0.2) is 4.90 Å². The summed E-state index contributed by atoms with van der Waals surface area (Å²) in [5, 5.41) is 0.607. The number of rotatable bonds is 4. The van der Waals surface area contributed by atoms with Gasteiger partial charge in [-0.3, -0.25) is 14.4 Å². The molecule has 1 aromatic heterocycles. The first-order valence-corrected chi connectivity index (χ1v) is 7.33. The van der Waals surface area contributed by atoms with Gasteiger partial charge < -0.3 is 15.2 Å². The van der Waals surface area contributed by atoms with Crippen LogP contribution in [0.4, 0.5) is 0 Å². The maximum atomic E-state index is 12.5. The number of nitrogens with two attached hydrogens (primary N) is 1. The highest BCUT2D eigenvalue weighted by atomic mass is 32.1. The maximum absolute atomic E-state index is 12.5. The van der Waals surface area contributed by atoms with Gasteiger partial charge in [-0.1, -0.05) is 0 Å². The van der Waals surface area contributed by atoms with Gasteiger partial charge >= 0.3 is 0 Å². The number of hydrogen-bond donors (Lipinski definition) is 1. The van der Waals surface area contributed by atoms with Gasteiger partial charge in [0.1, 0.15) is 4.88 Å². The Labute approximate surface area is 134 Å². The van der Waals surface area contributed by atoms with Crippen LogP contribution in [0, 0.1) is 0 Å². The zero-order valence-corrected chi connectivity index (χ0v) is 13.1. The van der Waals surface area contributed by atoms with Crippen molar-refractivity contribution in [1.29, 1.82) is 0 Å². The fraction of sp³-hybridized carbons (Fsp3) is 0.133. The van der Waals surface area contributed by atoms with Crippen LogP contribution in [0.15, 0.2) is 24.4 Å². The second-order valence-corrected chi connectivity index (χ2v) is 5.76. The fourth-order valence-electron chi connectivity index (χ4n) is 2.39. The summed E-state index contributed by atoms with van der Waals surface area (Å²) in [7, 11) is 3.00. The van der Waals surface area contributed by atoms with Crippen LogP contribution in [0.1, 0.15) is 20.0 Å². The van der Waals surface area contributed by atoms with Crippen LogP contribution >= 0.6 is 11.3 Å². The van der Waals surface area contributed by atoms with Crippen molar-refractivity contribution >= 4 is 39.1 Å². The molecule has 0 atom stereocenters. The number of benzene rings is 1. The lowest BCUT2D eigenvalue weighted by Crippen LogP contribution is -2.24. The Bertz CT molecular complexity index is 884. The van der Waals surface area contributed by atoms with Gasteiger partial charge in [0, 0.05) is 28.4 Å². The highest BCUT2D eigenvalue weighted by molar-refractivity contribution is 7.21. The minimum absolute atomic E-state index is 0.296. The van der Waals surface area contributed by atoms with Gasteiger partial charge in [0.15, 0.2) is 11.5 Å². The van der Waals surface area contributed by atoms with Crippen LogP contribution < -0.4 is 15.2 Å². The van der Waals surface area contributed by atoms with E-state index in [1.54, 1.807) is 12.1 Å². The van der Waals surface area contributed by atoms with Crippen molar-refractivity contribution < 1.29 is 23.9 Å². The molecule has 0 unspecified atom stereocenters. The number of fused-ring (bicyclic) bond motifs is 3. The lowest BCUT2D eigenvalue weighted by Gasteiger charge is -2.09. The molecule has 0 fully saturated rings. The Kier molecular flexibility index (Phi) is 3.53. The molecule has 8 heteroatoms. The molecule has 0 aliphatic carbocycles. The van der Waals surface area contributed by atoms with Crippen molar-refractivity contribution in [2.24, 2.45) is 5.73 Å². The monoisotopic (exact) mass is 332 g/mol. The number of primary amides is 1. The number of amides is 3. The Hall–Kier alpha value is -2.87. The van der Waals surface area contributed by atoms with Crippen LogP contribution in [0.2, 0.25) is 0 Å². The molecule has 3 amide bonds. The lowest BCUT2D eigenvalue weighted by molar-refractivity contribution is -0.113. The molecule has 0 spiro atoms. The molecule has 0 radical (unpaired) electrons. The average Bonchev–Trinajstić information content (AvgIpc) is 3.00. The summed E-state index contributed by atoms with van der Waals surface area (Å²) in [5.74, 6) is -0.739. The zero-order valence-electron chi connectivity index (χ0n) is 12.3. The molecule has 23 heavy (non-hydrogen) atoms. The third kappa shape index (κ3) is 2.23. The molecule has 2 aromatic rings.